The molecule has 0 radical (unpaired) electrons. The van der Waals surface area contributed by atoms with Gasteiger partial charge in [0, 0.05) is 12.2 Å². The molecule has 3 atom stereocenters. The number of ether oxygens (including phenoxy) is 1. The lowest BCUT2D eigenvalue weighted by Gasteiger charge is -2.36. The second-order valence-corrected chi connectivity index (χ2v) is 8.28. The number of rotatable bonds is 7. The molecule has 1 aliphatic heterocycles. The molecule has 1 heterocycles. The van der Waals surface area contributed by atoms with Crippen molar-refractivity contribution in [3.8, 4) is 0 Å². The average molecular weight is 422 g/mol. The molecule has 3 amide bonds. The van der Waals surface area contributed by atoms with Gasteiger partial charge in [-0.15, -0.1) is 0 Å². The number of hydrogen-bond donors (Lipinski definition) is 4. The molecule has 0 unspecified atom stereocenters. The zero-order valence-electron chi connectivity index (χ0n) is 17.2. The van der Waals surface area contributed by atoms with Crippen LogP contribution >= 0.6 is 0 Å². The average Bonchev–Trinajstić information content (AvgIpc) is 2.74. The van der Waals surface area contributed by atoms with E-state index >= 15 is 0 Å². The van der Waals surface area contributed by atoms with Crippen molar-refractivity contribution in [2.24, 2.45) is 5.92 Å². The van der Waals surface area contributed by atoms with Crippen molar-refractivity contribution >= 4 is 17.6 Å². The Bertz CT molecular complexity index is 711. The van der Waals surface area contributed by atoms with Gasteiger partial charge in [-0.25, -0.2) is 9.18 Å². The zero-order valence-corrected chi connectivity index (χ0v) is 17.2. The molecular formula is C22H32FN3O4. The summed E-state index contributed by atoms with van der Waals surface area (Å²) in [6.45, 7) is 0.463. The maximum absolute atomic E-state index is 13.2. The maximum atomic E-state index is 13.2. The van der Waals surface area contributed by atoms with E-state index in [1.54, 1.807) is 6.07 Å². The van der Waals surface area contributed by atoms with Crippen molar-refractivity contribution in [3.05, 3.63) is 30.1 Å². The fraction of sp³-hybridized carbons (Fsp3) is 0.636. The van der Waals surface area contributed by atoms with Gasteiger partial charge in [-0.05, 0) is 49.8 Å². The molecule has 1 aromatic rings. The van der Waals surface area contributed by atoms with E-state index in [1.807, 2.05) is 0 Å². The van der Waals surface area contributed by atoms with E-state index in [-0.39, 0.29) is 31.1 Å². The van der Waals surface area contributed by atoms with Gasteiger partial charge in [-0.3, -0.25) is 4.79 Å². The molecule has 2 aliphatic rings. The Hall–Kier alpha value is -2.19. The second kappa shape index (κ2) is 11.3. The van der Waals surface area contributed by atoms with Crippen molar-refractivity contribution < 1.29 is 23.8 Å². The van der Waals surface area contributed by atoms with Crippen LogP contribution in [0.3, 0.4) is 0 Å². The summed E-state index contributed by atoms with van der Waals surface area (Å²) in [6.07, 6.45) is 6.71. The highest BCUT2D eigenvalue weighted by molar-refractivity contribution is 5.89. The van der Waals surface area contributed by atoms with Crippen LogP contribution < -0.4 is 16.0 Å². The Balaban J connectivity index is 1.41. The van der Waals surface area contributed by atoms with Gasteiger partial charge in [0.05, 0.1) is 25.2 Å². The van der Waals surface area contributed by atoms with Crippen LogP contribution in [-0.2, 0) is 9.53 Å². The number of carbonyl (C=O) groups excluding carboxylic acids is 2. The highest BCUT2D eigenvalue weighted by Gasteiger charge is 2.33. The van der Waals surface area contributed by atoms with E-state index in [2.05, 4.69) is 16.0 Å². The molecule has 2 fully saturated rings. The first-order chi connectivity index (χ1) is 14.5. The van der Waals surface area contributed by atoms with Crippen LogP contribution in [-0.4, -0.2) is 48.4 Å². The third kappa shape index (κ3) is 6.95. The summed E-state index contributed by atoms with van der Waals surface area (Å²) in [5.74, 6) is 0.106. The molecule has 1 saturated carbocycles. The van der Waals surface area contributed by atoms with E-state index in [9.17, 15) is 19.1 Å². The van der Waals surface area contributed by atoms with Crippen LogP contribution in [0.15, 0.2) is 24.3 Å². The van der Waals surface area contributed by atoms with Crippen LogP contribution in [0.5, 0.6) is 0 Å². The number of halogens is 1. The van der Waals surface area contributed by atoms with Crippen LogP contribution in [0.4, 0.5) is 14.9 Å². The summed E-state index contributed by atoms with van der Waals surface area (Å²) < 4.78 is 19.1. The summed E-state index contributed by atoms with van der Waals surface area (Å²) in [5, 5.41) is 18.0. The minimum atomic E-state index is -0.590. The topological polar surface area (TPSA) is 99.7 Å². The first kappa shape index (κ1) is 22.5. The molecule has 1 aliphatic carbocycles. The molecule has 30 heavy (non-hydrogen) atoms. The van der Waals surface area contributed by atoms with Crippen LogP contribution in [0.1, 0.15) is 51.4 Å². The van der Waals surface area contributed by atoms with Gasteiger partial charge in [0.1, 0.15) is 11.9 Å². The lowest BCUT2D eigenvalue weighted by atomic mass is 9.89. The highest BCUT2D eigenvalue weighted by Crippen LogP contribution is 2.24. The Morgan fingerprint density at radius 2 is 1.93 bits per heavy atom. The summed E-state index contributed by atoms with van der Waals surface area (Å²) in [7, 11) is 0. The number of nitrogens with one attached hydrogen (secondary N) is 3. The molecule has 0 aromatic heterocycles. The van der Waals surface area contributed by atoms with Gasteiger partial charge in [0.2, 0.25) is 5.91 Å². The van der Waals surface area contributed by atoms with Crippen LogP contribution in [0.2, 0.25) is 0 Å². The van der Waals surface area contributed by atoms with E-state index in [4.69, 9.17) is 4.74 Å². The molecule has 3 rings (SSSR count). The maximum Gasteiger partial charge on any atom is 0.319 e. The zero-order chi connectivity index (χ0) is 21.3. The monoisotopic (exact) mass is 421 g/mol. The van der Waals surface area contributed by atoms with Crippen molar-refractivity contribution in [2.45, 2.75) is 69.6 Å². The number of amides is 3. The van der Waals surface area contributed by atoms with Gasteiger partial charge in [0.25, 0.3) is 0 Å². The number of benzene rings is 1. The van der Waals surface area contributed by atoms with Gasteiger partial charge in [0.15, 0.2) is 0 Å². The minimum Gasteiger partial charge on any atom is -0.394 e. The van der Waals surface area contributed by atoms with Crippen molar-refractivity contribution in [2.75, 3.05) is 18.5 Å². The number of anilines is 1. The smallest absolute Gasteiger partial charge is 0.319 e. The summed E-state index contributed by atoms with van der Waals surface area (Å²) in [6, 6.07) is 4.75. The molecule has 7 nitrogen and oxygen atoms in total. The predicted molar refractivity (Wildman–Crippen MR) is 112 cm³/mol. The highest BCUT2D eigenvalue weighted by atomic mass is 19.1. The number of aliphatic hydroxyl groups excluding tert-OH is 1. The lowest BCUT2D eigenvalue weighted by Crippen LogP contribution is -2.52. The van der Waals surface area contributed by atoms with E-state index in [1.165, 1.54) is 50.3 Å². The summed E-state index contributed by atoms with van der Waals surface area (Å²) in [4.78, 5) is 24.5. The quantitative estimate of drug-likeness (QED) is 0.544. The standard InChI is InChI=1S/C22H32FN3O4/c23-16-7-4-8-17(11-16)25-22(29)26-19-10-9-18(30-20(19)14-27)12-21(28)24-13-15-5-2-1-3-6-15/h4,7-8,11,15,18-20,27H,1-3,5-6,9-10,12-14H2,(H,24,28)(H2,25,26,29)/t18-,19-,20+/m0/s1. The molecule has 1 saturated heterocycles. The number of urea groups is 1. The molecule has 4 N–H and O–H groups in total. The Labute approximate surface area is 176 Å². The van der Waals surface area contributed by atoms with Crippen LogP contribution in [0.25, 0.3) is 0 Å². The second-order valence-electron chi connectivity index (χ2n) is 8.28. The third-order valence-electron chi connectivity index (χ3n) is 5.92. The fourth-order valence-electron chi connectivity index (χ4n) is 4.28. The molecule has 8 heteroatoms. The molecular weight excluding hydrogens is 389 g/mol. The van der Waals surface area contributed by atoms with Gasteiger partial charge in [-0.1, -0.05) is 25.3 Å². The summed E-state index contributed by atoms with van der Waals surface area (Å²) in [5.41, 5.74) is 0.345. The van der Waals surface area contributed by atoms with Crippen molar-refractivity contribution in [1.29, 1.82) is 0 Å². The Morgan fingerprint density at radius 3 is 2.67 bits per heavy atom. The minimum absolute atomic E-state index is 0.0301. The van der Waals surface area contributed by atoms with Gasteiger partial charge < -0.3 is 25.8 Å². The Morgan fingerprint density at radius 1 is 1.13 bits per heavy atom. The van der Waals surface area contributed by atoms with E-state index in [0.29, 0.717) is 24.4 Å². The number of hydrogen-bond acceptors (Lipinski definition) is 4. The number of aliphatic hydroxyl groups is 1. The molecule has 0 bridgehead atoms. The normalized spacial score (nSPS) is 24.8. The third-order valence-corrected chi connectivity index (χ3v) is 5.92. The molecule has 166 valence electrons. The van der Waals surface area contributed by atoms with Gasteiger partial charge >= 0.3 is 6.03 Å². The summed E-state index contributed by atoms with van der Waals surface area (Å²) >= 11 is 0. The fourth-order valence-corrected chi connectivity index (χ4v) is 4.28. The molecule has 1 aromatic carbocycles. The first-order valence-corrected chi connectivity index (χ1v) is 10.9. The van der Waals surface area contributed by atoms with Crippen molar-refractivity contribution in [3.63, 3.8) is 0 Å². The van der Waals surface area contributed by atoms with Crippen molar-refractivity contribution in [1.82, 2.24) is 10.6 Å². The lowest BCUT2D eigenvalue weighted by molar-refractivity contribution is -0.131. The van der Waals surface area contributed by atoms with Crippen LogP contribution in [0, 0.1) is 11.7 Å². The molecule has 0 spiro atoms. The number of carbonyl (C=O) groups is 2. The predicted octanol–water partition coefficient (Wildman–Crippen LogP) is 2.94. The SMILES string of the molecule is O=C(C[C@@H]1CC[C@H](NC(=O)Nc2cccc(F)c2)[C@@H](CO)O1)NCC1CCCCC1. The Kier molecular flexibility index (Phi) is 8.45. The first-order valence-electron chi connectivity index (χ1n) is 10.9. The largest absolute Gasteiger partial charge is 0.394 e. The van der Waals surface area contributed by atoms with Gasteiger partial charge in [-0.2, -0.15) is 0 Å². The van der Waals surface area contributed by atoms with E-state index in [0.717, 1.165) is 6.54 Å². The van der Waals surface area contributed by atoms with E-state index < -0.39 is 18.0 Å².